The molecule has 5 atom stereocenters. The zero-order valence-corrected chi connectivity index (χ0v) is 18.5. The number of piperidine rings is 1. The van der Waals surface area contributed by atoms with Gasteiger partial charge in [0.25, 0.3) is 0 Å². The number of nitrogens with zero attached hydrogens (tertiary/aromatic N) is 2. The van der Waals surface area contributed by atoms with Gasteiger partial charge in [-0.3, -0.25) is 4.79 Å². The van der Waals surface area contributed by atoms with Crippen LogP contribution in [0, 0.1) is 23.7 Å². The third-order valence-electron chi connectivity index (χ3n) is 7.90. The normalized spacial score (nSPS) is 31.6. The molecule has 5 rings (SSSR count). The first-order valence-electron chi connectivity index (χ1n) is 12.1. The highest BCUT2D eigenvalue weighted by molar-refractivity contribution is 5.83. The standard InChI is InChI=1S/C26H34N2O3/c1-2-31-26(30)27-12-10-22(11-13-27)28(17-21-15-18-8-9-20(21)14-18)25(29)24-16-23(24)19-6-4-3-5-7-19/h3-9,18,20-24H,2,10-17H2,1H3/t18-,20+,21+,23+,24-/m1/s1. The van der Waals surface area contributed by atoms with Gasteiger partial charge in [-0.25, -0.2) is 4.79 Å². The van der Waals surface area contributed by atoms with Crippen LogP contribution in [-0.4, -0.2) is 54.1 Å². The molecule has 3 aliphatic carbocycles. The van der Waals surface area contributed by atoms with Crippen molar-refractivity contribution in [3.63, 3.8) is 0 Å². The molecule has 1 aliphatic heterocycles. The molecule has 1 aromatic rings. The van der Waals surface area contributed by atoms with Gasteiger partial charge in [0.05, 0.1) is 6.61 Å². The Balaban J connectivity index is 1.27. The summed E-state index contributed by atoms with van der Waals surface area (Å²) in [6.07, 6.45) is 9.70. The zero-order valence-electron chi connectivity index (χ0n) is 18.5. The van der Waals surface area contributed by atoms with E-state index in [1.807, 2.05) is 13.0 Å². The summed E-state index contributed by atoms with van der Waals surface area (Å²) in [5, 5.41) is 0. The number of fused-ring (bicyclic) bond motifs is 2. The van der Waals surface area contributed by atoms with Crippen molar-refractivity contribution in [1.29, 1.82) is 0 Å². The average Bonchev–Trinajstić information content (AvgIpc) is 3.34. The number of likely N-dealkylation sites (tertiary alicyclic amines) is 1. The number of hydrogen-bond donors (Lipinski definition) is 0. The quantitative estimate of drug-likeness (QED) is 0.637. The highest BCUT2D eigenvalue weighted by Crippen LogP contribution is 2.50. The molecule has 2 saturated carbocycles. The second-order valence-corrected chi connectivity index (χ2v) is 9.81. The molecule has 1 saturated heterocycles. The lowest BCUT2D eigenvalue weighted by atomic mass is 9.91. The molecule has 4 aliphatic rings. The van der Waals surface area contributed by atoms with Crippen molar-refractivity contribution in [3.05, 3.63) is 48.0 Å². The Kier molecular flexibility index (Phi) is 5.77. The first-order chi connectivity index (χ1) is 15.1. The second kappa shape index (κ2) is 8.68. The molecular formula is C26H34N2O3. The topological polar surface area (TPSA) is 49.9 Å². The van der Waals surface area contributed by atoms with E-state index >= 15 is 0 Å². The average molecular weight is 423 g/mol. The predicted molar refractivity (Wildman–Crippen MR) is 119 cm³/mol. The number of carbonyl (C=O) groups excluding carboxylic acids is 2. The summed E-state index contributed by atoms with van der Waals surface area (Å²) in [6.45, 7) is 4.48. The molecule has 1 aromatic carbocycles. The number of amides is 2. The summed E-state index contributed by atoms with van der Waals surface area (Å²) in [4.78, 5) is 29.8. The van der Waals surface area contributed by atoms with E-state index < -0.39 is 0 Å². The fourth-order valence-electron chi connectivity index (χ4n) is 6.10. The van der Waals surface area contributed by atoms with Crippen LogP contribution < -0.4 is 0 Å². The van der Waals surface area contributed by atoms with Crippen molar-refractivity contribution in [3.8, 4) is 0 Å². The molecule has 0 N–H and O–H groups in total. The van der Waals surface area contributed by atoms with Crippen LogP contribution in [0.1, 0.15) is 50.5 Å². The van der Waals surface area contributed by atoms with Crippen molar-refractivity contribution in [2.24, 2.45) is 23.7 Å². The minimum atomic E-state index is -0.219. The largest absolute Gasteiger partial charge is 0.450 e. The number of ether oxygens (including phenoxy) is 1. The van der Waals surface area contributed by atoms with Gasteiger partial charge >= 0.3 is 6.09 Å². The zero-order chi connectivity index (χ0) is 21.4. The molecule has 166 valence electrons. The molecule has 3 fully saturated rings. The van der Waals surface area contributed by atoms with E-state index in [4.69, 9.17) is 4.74 Å². The van der Waals surface area contributed by atoms with Crippen LogP contribution in [0.4, 0.5) is 4.79 Å². The monoisotopic (exact) mass is 422 g/mol. The fraction of sp³-hybridized carbons (Fsp3) is 0.615. The van der Waals surface area contributed by atoms with Gasteiger partial charge in [-0.05, 0) is 68.3 Å². The summed E-state index contributed by atoms with van der Waals surface area (Å²) in [6, 6.07) is 10.7. The number of carbonyl (C=O) groups is 2. The molecule has 0 spiro atoms. The Bertz CT molecular complexity index is 830. The predicted octanol–water partition coefficient (Wildman–Crippen LogP) is 4.45. The lowest BCUT2D eigenvalue weighted by molar-refractivity contribution is -0.137. The maximum absolute atomic E-state index is 13.7. The van der Waals surface area contributed by atoms with Gasteiger partial charge in [0, 0.05) is 31.6 Å². The van der Waals surface area contributed by atoms with Crippen LogP contribution in [0.3, 0.4) is 0 Å². The van der Waals surface area contributed by atoms with E-state index in [0.29, 0.717) is 43.4 Å². The van der Waals surface area contributed by atoms with Crippen LogP contribution in [0.15, 0.2) is 42.5 Å². The molecule has 2 bridgehead atoms. The first-order valence-corrected chi connectivity index (χ1v) is 12.1. The molecule has 0 aromatic heterocycles. The molecule has 5 nitrogen and oxygen atoms in total. The SMILES string of the molecule is CCOC(=O)N1CCC(N(C[C@@H]2C[C@@H]3C=C[C@H]2C3)C(=O)[C@@H]2C[C@H]2c2ccccc2)CC1. The molecule has 1 heterocycles. The van der Waals surface area contributed by atoms with E-state index in [2.05, 4.69) is 41.3 Å². The van der Waals surface area contributed by atoms with E-state index in [9.17, 15) is 9.59 Å². The Labute approximate surface area is 185 Å². The highest BCUT2D eigenvalue weighted by Gasteiger charge is 2.48. The van der Waals surface area contributed by atoms with Crippen LogP contribution in [-0.2, 0) is 9.53 Å². The van der Waals surface area contributed by atoms with Gasteiger partial charge in [0.1, 0.15) is 0 Å². The summed E-state index contributed by atoms with van der Waals surface area (Å²) in [5.41, 5.74) is 1.29. The summed E-state index contributed by atoms with van der Waals surface area (Å²) < 4.78 is 5.18. The Hall–Kier alpha value is -2.30. The molecule has 0 radical (unpaired) electrons. The van der Waals surface area contributed by atoms with Crippen molar-refractivity contribution in [1.82, 2.24) is 9.80 Å². The second-order valence-electron chi connectivity index (χ2n) is 9.81. The van der Waals surface area contributed by atoms with Crippen molar-refractivity contribution >= 4 is 12.0 Å². The maximum Gasteiger partial charge on any atom is 0.409 e. The molecule has 2 amide bonds. The Morgan fingerprint density at radius 2 is 1.84 bits per heavy atom. The van der Waals surface area contributed by atoms with Gasteiger partial charge in [-0.2, -0.15) is 0 Å². The third kappa shape index (κ3) is 4.24. The van der Waals surface area contributed by atoms with Crippen molar-refractivity contribution in [2.75, 3.05) is 26.2 Å². The van der Waals surface area contributed by atoms with Crippen LogP contribution in [0.5, 0.6) is 0 Å². The smallest absolute Gasteiger partial charge is 0.409 e. The van der Waals surface area contributed by atoms with Gasteiger partial charge in [0.2, 0.25) is 5.91 Å². The van der Waals surface area contributed by atoms with E-state index in [1.165, 1.54) is 18.4 Å². The molecule has 31 heavy (non-hydrogen) atoms. The Morgan fingerprint density at radius 1 is 1.06 bits per heavy atom. The van der Waals surface area contributed by atoms with Gasteiger partial charge in [0.15, 0.2) is 0 Å². The number of allylic oxidation sites excluding steroid dienone is 2. The van der Waals surface area contributed by atoms with Gasteiger partial charge in [-0.15, -0.1) is 0 Å². The summed E-state index contributed by atoms with van der Waals surface area (Å²) in [7, 11) is 0. The van der Waals surface area contributed by atoms with Crippen LogP contribution >= 0.6 is 0 Å². The van der Waals surface area contributed by atoms with Crippen LogP contribution in [0.2, 0.25) is 0 Å². The third-order valence-corrected chi connectivity index (χ3v) is 7.90. The van der Waals surface area contributed by atoms with E-state index in [1.54, 1.807) is 4.90 Å². The number of hydrogen-bond acceptors (Lipinski definition) is 3. The lowest BCUT2D eigenvalue weighted by Crippen LogP contribution is -2.51. The van der Waals surface area contributed by atoms with Crippen molar-refractivity contribution in [2.45, 2.75) is 51.0 Å². The number of rotatable bonds is 6. The Morgan fingerprint density at radius 3 is 2.48 bits per heavy atom. The minimum absolute atomic E-state index is 0.125. The van der Waals surface area contributed by atoms with Gasteiger partial charge in [-0.1, -0.05) is 42.5 Å². The summed E-state index contributed by atoms with van der Waals surface area (Å²) >= 11 is 0. The maximum atomic E-state index is 13.7. The highest BCUT2D eigenvalue weighted by atomic mass is 16.6. The summed E-state index contributed by atoms with van der Waals surface area (Å²) in [5.74, 6) is 2.79. The van der Waals surface area contributed by atoms with Crippen LogP contribution in [0.25, 0.3) is 0 Å². The number of benzene rings is 1. The minimum Gasteiger partial charge on any atom is -0.450 e. The van der Waals surface area contributed by atoms with E-state index in [0.717, 1.165) is 31.7 Å². The molecule has 0 unspecified atom stereocenters. The lowest BCUT2D eigenvalue weighted by Gasteiger charge is -2.40. The van der Waals surface area contributed by atoms with E-state index in [-0.39, 0.29) is 18.1 Å². The van der Waals surface area contributed by atoms with Gasteiger partial charge < -0.3 is 14.5 Å². The van der Waals surface area contributed by atoms with Crippen molar-refractivity contribution < 1.29 is 14.3 Å². The fourth-order valence-corrected chi connectivity index (χ4v) is 6.10. The molecular weight excluding hydrogens is 388 g/mol. The molecule has 5 heteroatoms. The first kappa shape index (κ1) is 20.6.